The van der Waals surface area contributed by atoms with Crippen LogP contribution in [0, 0.1) is 13.8 Å². The average Bonchev–Trinajstić information content (AvgIpc) is 1.99. The number of esters is 1. The summed E-state index contributed by atoms with van der Waals surface area (Å²) in [6.07, 6.45) is 0. The second-order valence-corrected chi connectivity index (χ2v) is 2.94. The molecule has 13 heavy (non-hydrogen) atoms. The number of hydrogen-bond acceptors (Lipinski definition) is 4. The van der Waals surface area contributed by atoms with E-state index >= 15 is 0 Å². The third kappa shape index (κ3) is 2.39. The number of ether oxygens (including phenoxy) is 1. The van der Waals surface area contributed by atoms with Gasteiger partial charge < -0.3 is 4.74 Å². The lowest BCUT2D eigenvalue weighted by molar-refractivity contribution is -0.132. The van der Waals surface area contributed by atoms with E-state index in [0.717, 1.165) is 0 Å². The minimum absolute atomic E-state index is 0.170. The topological polar surface area (TPSA) is 52.1 Å². The standard InChI is InChI=1S/C8H9ClN2O2/c1-4-7(9)11-8(5(2)10-4)13-6(3)12/h1-3H3. The van der Waals surface area contributed by atoms with Gasteiger partial charge in [-0.25, -0.2) is 4.98 Å². The maximum Gasteiger partial charge on any atom is 0.309 e. The van der Waals surface area contributed by atoms with Crippen LogP contribution >= 0.6 is 11.6 Å². The van der Waals surface area contributed by atoms with E-state index in [1.807, 2.05) is 0 Å². The molecule has 0 aliphatic rings. The minimum atomic E-state index is -0.433. The summed E-state index contributed by atoms with van der Waals surface area (Å²) in [6.45, 7) is 4.74. The highest BCUT2D eigenvalue weighted by Crippen LogP contribution is 2.18. The monoisotopic (exact) mass is 200 g/mol. The van der Waals surface area contributed by atoms with Gasteiger partial charge in [0, 0.05) is 6.92 Å². The van der Waals surface area contributed by atoms with Gasteiger partial charge in [0.25, 0.3) is 0 Å². The third-order valence-electron chi connectivity index (χ3n) is 1.38. The molecule has 0 radical (unpaired) electrons. The molecule has 0 aliphatic heterocycles. The predicted octanol–water partition coefficient (Wildman–Crippen LogP) is 1.67. The first-order chi connectivity index (χ1) is 6.00. The van der Waals surface area contributed by atoms with Crippen molar-refractivity contribution < 1.29 is 9.53 Å². The number of aromatic nitrogens is 2. The number of hydrogen-bond donors (Lipinski definition) is 0. The lowest BCUT2D eigenvalue weighted by Gasteiger charge is -2.04. The van der Waals surface area contributed by atoms with Crippen molar-refractivity contribution in [3.8, 4) is 5.88 Å². The molecule has 0 saturated carbocycles. The van der Waals surface area contributed by atoms with E-state index in [1.165, 1.54) is 6.92 Å². The number of aryl methyl sites for hydroxylation is 2. The van der Waals surface area contributed by atoms with Gasteiger partial charge in [-0.05, 0) is 13.8 Å². The fourth-order valence-corrected chi connectivity index (χ4v) is 0.948. The maximum atomic E-state index is 10.6. The summed E-state index contributed by atoms with van der Waals surface area (Å²) >= 11 is 5.70. The molecular weight excluding hydrogens is 192 g/mol. The molecule has 0 atom stereocenters. The maximum absolute atomic E-state index is 10.6. The summed E-state index contributed by atoms with van der Waals surface area (Å²) in [5.74, 6) is -0.264. The Hall–Kier alpha value is -1.16. The van der Waals surface area contributed by atoms with E-state index in [9.17, 15) is 4.79 Å². The number of rotatable bonds is 1. The summed E-state index contributed by atoms with van der Waals surface area (Å²) in [5, 5.41) is 0.252. The van der Waals surface area contributed by atoms with Gasteiger partial charge in [0.1, 0.15) is 5.69 Å². The van der Waals surface area contributed by atoms with Crippen LogP contribution in [-0.2, 0) is 4.79 Å². The molecule has 0 bridgehead atoms. The van der Waals surface area contributed by atoms with Crippen LogP contribution in [0.2, 0.25) is 5.15 Å². The second-order valence-electron chi connectivity index (χ2n) is 2.58. The van der Waals surface area contributed by atoms with Crippen LogP contribution in [0.3, 0.4) is 0 Å². The zero-order chi connectivity index (χ0) is 10.0. The molecule has 4 nitrogen and oxygen atoms in total. The number of nitrogens with zero attached hydrogens (tertiary/aromatic N) is 2. The number of carbonyl (C=O) groups excluding carboxylic acids is 1. The first-order valence-electron chi connectivity index (χ1n) is 3.70. The molecule has 1 aromatic heterocycles. The van der Waals surface area contributed by atoms with Crippen molar-refractivity contribution in [2.24, 2.45) is 0 Å². The van der Waals surface area contributed by atoms with E-state index < -0.39 is 5.97 Å². The van der Waals surface area contributed by atoms with Crippen LogP contribution in [0.1, 0.15) is 18.3 Å². The molecule has 0 N–H and O–H groups in total. The Balaban J connectivity index is 3.08. The minimum Gasteiger partial charge on any atom is -0.406 e. The Bertz CT molecular complexity index is 352. The third-order valence-corrected chi connectivity index (χ3v) is 1.74. The van der Waals surface area contributed by atoms with E-state index in [1.54, 1.807) is 13.8 Å². The van der Waals surface area contributed by atoms with E-state index in [0.29, 0.717) is 11.4 Å². The molecular formula is C8H9ClN2O2. The normalized spacial score (nSPS) is 9.85. The van der Waals surface area contributed by atoms with Crippen LogP contribution in [0.4, 0.5) is 0 Å². The van der Waals surface area contributed by atoms with E-state index in [4.69, 9.17) is 16.3 Å². The summed E-state index contributed by atoms with van der Waals surface area (Å²) in [6, 6.07) is 0. The van der Waals surface area contributed by atoms with Gasteiger partial charge in [-0.2, -0.15) is 4.98 Å². The van der Waals surface area contributed by atoms with Gasteiger partial charge in [-0.15, -0.1) is 0 Å². The molecule has 0 amide bonds. The lowest BCUT2D eigenvalue weighted by Crippen LogP contribution is -2.06. The highest BCUT2D eigenvalue weighted by Gasteiger charge is 2.08. The molecule has 70 valence electrons. The average molecular weight is 201 g/mol. The molecule has 1 aromatic rings. The van der Waals surface area contributed by atoms with Crippen LogP contribution in [-0.4, -0.2) is 15.9 Å². The van der Waals surface area contributed by atoms with Crippen LogP contribution in [0.5, 0.6) is 5.88 Å². The predicted molar refractivity (Wildman–Crippen MR) is 47.8 cm³/mol. The molecule has 0 spiro atoms. The summed E-state index contributed by atoms with van der Waals surface area (Å²) in [7, 11) is 0. The fourth-order valence-electron chi connectivity index (χ4n) is 0.829. The van der Waals surface area contributed by atoms with Crippen molar-refractivity contribution in [3.63, 3.8) is 0 Å². The van der Waals surface area contributed by atoms with Gasteiger partial charge in [-0.1, -0.05) is 11.6 Å². The molecule has 0 aromatic carbocycles. The number of carbonyl (C=O) groups is 1. The molecule has 1 heterocycles. The smallest absolute Gasteiger partial charge is 0.309 e. The molecule has 0 saturated heterocycles. The Labute approximate surface area is 80.9 Å². The molecule has 5 heteroatoms. The Morgan fingerprint density at radius 3 is 2.46 bits per heavy atom. The Morgan fingerprint density at radius 2 is 1.92 bits per heavy atom. The van der Waals surface area contributed by atoms with Crippen LogP contribution < -0.4 is 4.74 Å². The van der Waals surface area contributed by atoms with Crippen molar-refractivity contribution in [2.45, 2.75) is 20.8 Å². The zero-order valence-electron chi connectivity index (χ0n) is 7.59. The van der Waals surface area contributed by atoms with E-state index in [-0.39, 0.29) is 11.0 Å². The van der Waals surface area contributed by atoms with Gasteiger partial charge in [0.15, 0.2) is 5.15 Å². The summed E-state index contributed by atoms with van der Waals surface area (Å²) in [4.78, 5) is 18.6. The zero-order valence-corrected chi connectivity index (χ0v) is 8.34. The summed E-state index contributed by atoms with van der Waals surface area (Å²) < 4.78 is 4.78. The summed E-state index contributed by atoms with van der Waals surface area (Å²) in [5.41, 5.74) is 1.17. The fraction of sp³-hybridized carbons (Fsp3) is 0.375. The molecule has 1 rings (SSSR count). The SMILES string of the molecule is CC(=O)Oc1nc(Cl)c(C)nc1C. The largest absolute Gasteiger partial charge is 0.406 e. The van der Waals surface area contributed by atoms with Crippen LogP contribution in [0.15, 0.2) is 0 Å². The molecule has 0 unspecified atom stereocenters. The van der Waals surface area contributed by atoms with Gasteiger partial charge in [0.05, 0.1) is 5.69 Å². The Morgan fingerprint density at radius 1 is 1.31 bits per heavy atom. The van der Waals surface area contributed by atoms with Crippen molar-refractivity contribution in [3.05, 3.63) is 16.5 Å². The van der Waals surface area contributed by atoms with Gasteiger partial charge >= 0.3 is 5.97 Å². The van der Waals surface area contributed by atoms with Gasteiger partial charge in [0.2, 0.25) is 5.88 Å². The van der Waals surface area contributed by atoms with Crippen molar-refractivity contribution in [2.75, 3.05) is 0 Å². The highest BCUT2D eigenvalue weighted by atomic mass is 35.5. The quantitative estimate of drug-likeness (QED) is 0.648. The van der Waals surface area contributed by atoms with E-state index in [2.05, 4.69) is 9.97 Å². The highest BCUT2D eigenvalue weighted by molar-refractivity contribution is 6.30. The van der Waals surface area contributed by atoms with Crippen molar-refractivity contribution in [1.82, 2.24) is 9.97 Å². The first kappa shape index (κ1) is 9.92. The Kier molecular flexibility index (Phi) is 2.83. The second kappa shape index (κ2) is 3.70. The molecule has 0 fully saturated rings. The first-order valence-corrected chi connectivity index (χ1v) is 4.07. The molecule has 0 aliphatic carbocycles. The van der Waals surface area contributed by atoms with Gasteiger partial charge in [-0.3, -0.25) is 4.79 Å². The van der Waals surface area contributed by atoms with Crippen LogP contribution in [0.25, 0.3) is 0 Å². The van der Waals surface area contributed by atoms with Crippen molar-refractivity contribution in [1.29, 1.82) is 0 Å². The van der Waals surface area contributed by atoms with Crippen molar-refractivity contribution >= 4 is 17.6 Å². The lowest BCUT2D eigenvalue weighted by atomic mass is 10.4. The number of halogens is 1.